The van der Waals surface area contributed by atoms with Gasteiger partial charge < -0.3 is 0 Å². The molecule has 0 radical (unpaired) electrons. The van der Waals surface area contributed by atoms with Crippen LogP contribution in [0.2, 0.25) is 0 Å². The first kappa shape index (κ1) is 12.3. The van der Waals surface area contributed by atoms with Crippen molar-refractivity contribution in [3.63, 3.8) is 0 Å². The van der Waals surface area contributed by atoms with Gasteiger partial charge in [0.05, 0.1) is 5.69 Å². The first-order chi connectivity index (χ1) is 10.2. The highest BCUT2D eigenvalue weighted by atomic mass is 32.1. The number of amides is 1. The van der Waals surface area contributed by atoms with Crippen LogP contribution in [0.5, 0.6) is 0 Å². The lowest BCUT2D eigenvalue weighted by Crippen LogP contribution is -2.12. The monoisotopic (exact) mass is 296 g/mol. The number of fused-ring (bicyclic) bond motifs is 3. The van der Waals surface area contributed by atoms with Gasteiger partial charge in [0.15, 0.2) is 10.8 Å². The number of hydrogen-bond donors (Lipinski definition) is 1. The van der Waals surface area contributed by atoms with Gasteiger partial charge in [0, 0.05) is 30.1 Å². The van der Waals surface area contributed by atoms with Gasteiger partial charge in [-0.05, 0) is 11.6 Å². The van der Waals surface area contributed by atoms with Crippen molar-refractivity contribution >= 4 is 22.4 Å². The second-order valence-electron chi connectivity index (χ2n) is 4.95. The van der Waals surface area contributed by atoms with Crippen molar-refractivity contribution in [1.29, 1.82) is 0 Å². The summed E-state index contributed by atoms with van der Waals surface area (Å²) in [6, 6.07) is 9.94. The second kappa shape index (κ2) is 4.53. The van der Waals surface area contributed by atoms with Crippen molar-refractivity contribution in [2.24, 2.45) is 7.05 Å². The maximum Gasteiger partial charge on any atom is 0.277 e. The summed E-state index contributed by atoms with van der Waals surface area (Å²) in [6.07, 6.45) is 2.63. The van der Waals surface area contributed by atoms with E-state index in [0.717, 1.165) is 12.1 Å². The lowest BCUT2D eigenvalue weighted by Gasteiger charge is -2.00. The van der Waals surface area contributed by atoms with Crippen LogP contribution in [-0.2, 0) is 13.5 Å². The van der Waals surface area contributed by atoms with Gasteiger partial charge in [-0.25, -0.2) is 4.98 Å². The molecule has 104 valence electrons. The van der Waals surface area contributed by atoms with E-state index in [4.69, 9.17) is 0 Å². The topological polar surface area (TPSA) is 59.8 Å². The van der Waals surface area contributed by atoms with Crippen molar-refractivity contribution in [3.8, 4) is 11.3 Å². The number of rotatable bonds is 2. The summed E-state index contributed by atoms with van der Waals surface area (Å²) in [7, 11) is 1.78. The van der Waals surface area contributed by atoms with Crippen LogP contribution in [0.25, 0.3) is 11.3 Å². The van der Waals surface area contributed by atoms with Gasteiger partial charge in [0.1, 0.15) is 0 Å². The third kappa shape index (κ3) is 2.04. The standard InChI is InChI=1S/C15H12N4OS/c1-19-7-6-11(18-19)14(20)17-15-16-13-10-5-3-2-4-9(10)8-12(13)21-15/h2-7H,8H2,1H3,(H,16,17,20). The van der Waals surface area contributed by atoms with Crippen molar-refractivity contribution in [2.45, 2.75) is 6.42 Å². The van der Waals surface area contributed by atoms with E-state index in [1.807, 2.05) is 12.1 Å². The highest BCUT2D eigenvalue weighted by Gasteiger charge is 2.23. The van der Waals surface area contributed by atoms with E-state index in [0.29, 0.717) is 10.8 Å². The fourth-order valence-electron chi connectivity index (χ4n) is 2.51. The SMILES string of the molecule is Cn1ccc(C(=O)Nc2nc3c(s2)Cc2ccccc2-3)n1. The molecule has 1 aliphatic rings. The highest BCUT2D eigenvalue weighted by molar-refractivity contribution is 7.16. The lowest BCUT2D eigenvalue weighted by atomic mass is 10.1. The molecule has 0 bridgehead atoms. The molecule has 4 rings (SSSR count). The van der Waals surface area contributed by atoms with E-state index < -0.39 is 0 Å². The van der Waals surface area contributed by atoms with E-state index in [1.165, 1.54) is 27.3 Å². The molecule has 6 heteroatoms. The molecule has 0 fully saturated rings. The smallest absolute Gasteiger partial charge is 0.277 e. The number of thiazole rings is 1. The summed E-state index contributed by atoms with van der Waals surface area (Å²) < 4.78 is 1.60. The largest absolute Gasteiger partial charge is 0.296 e. The Kier molecular flexibility index (Phi) is 2.65. The minimum absolute atomic E-state index is 0.226. The Bertz CT molecular complexity index is 849. The molecule has 1 aromatic carbocycles. The normalized spacial score (nSPS) is 12.0. The van der Waals surface area contributed by atoms with Crippen LogP contribution in [0.15, 0.2) is 36.5 Å². The summed E-state index contributed by atoms with van der Waals surface area (Å²) in [6.45, 7) is 0. The van der Waals surface area contributed by atoms with E-state index in [2.05, 4.69) is 27.5 Å². The Labute approximate surface area is 125 Å². The van der Waals surface area contributed by atoms with Crippen LogP contribution < -0.4 is 5.32 Å². The van der Waals surface area contributed by atoms with E-state index in [1.54, 1.807) is 24.0 Å². The number of aryl methyl sites for hydroxylation is 1. The number of anilines is 1. The predicted molar refractivity (Wildman–Crippen MR) is 81.5 cm³/mol. The summed E-state index contributed by atoms with van der Waals surface area (Å²) in [4.78, 5) is 17.8. The zero-order chi connectivity index (χ0) is 14.4. The third-order valence-corrected chi connectivity index (χ3v) is 4.46. The Morgan fingerprint density at radius 3 is 3.00 bits per heavy atom. The Morgan fingerprint density at radius 1 is 1.33 bits per heavy atom. The molecule has 2 aromatic heterocycles. The zero-order valence-corrected chi connectivity index (χ0v) is 12.1. The molecule has 0 unspecified atom stereocenters. The van der Waals surface area contributed by atoms with Crippen LogP contribution in [0, 0.1) is 0 Å². The summed E-state index contributed by atoms with van der Waals surface area (Å²) in [5, 5.41) is 7.54. The molecule has 1 aliphatic carbocycles. The lowest BCUT2D eigenvalue weighted by molar-refractivity contribution is 0.102. The Balaban J connectivity index is 1.61. The molecule has 0 aliphatic heterocycles. The average molecular weight is 296 g/mol. The maximum atomic E-state index is 12.1. The van der Waals surface area contributed by atoms with Gasteiger partial charge in [-0.2, -0.15) is 5.10 Å². The number of hydrogen-bond acceptors (Lipinski definition) is 4. The molecule has 1 amide bonds. The van der Waals surface area contributed by atoms with Crippen molar-refractivity contribution in [1.82, 2.24) is 14.8 Å². The molecule has 0 saturated carbocycles. The Hall–Kier alpha value is -2.47. The minimum atomic E-state index is -0.226. The van der Waals surface area contributed by atoms with Gasteiger partial charge >= 0.3 is 0 Å². The van der Waals surface area contributed by atoms with Crippen LogP contribution >= 0.6 is 11.3 Å². The molecule has 0 atom stereocenters. The predicted octanol–water partition coefficient (Wildman–Crippen LogP) is 2.70. The number of nitrogens with zero attached hydrogens (tertiary/aromatic N) is 3. The third-order valence-electron chi connectivity index (χ3n) is 3.49. The average Bonchev–Trinajstić information content (AvgIpc) is 3.12. The van der Waals surface area contributed by atoms with Gasteiger partial charge in [0.25, 0.3) is 5.91 Å². The van der Waals surface area contributed by atoms with Gasteiger partial charge in [-0.15, -0.1) is 11.3 Å². The molecule has 3 aromatic rings. The fourth-order valence-corrected chi connectivity index (χ4v) is 3.51. The molecule has 2 heterocycles. The summed E-state index contributed by atoms with van der Waals surface area (Å²) in [5.74, 6) is -0.226. The molecule has 5 nitrogen and oxygen atoms in total. The molecule has 0 saturated heterocycles. The first-order valence-electron chi connectivity index (χ1n) is 6.60. The van der Waals surface area contributed by atoms with Gasteiger partial charge in [0.2, 0.25) is 0 Å². The first-order valence-corrected chi connectivity index (χ1v) is 7.41. The van der Waals surface area contributed by atoms with Gasteiger partial charge in [-0.3, -0.25) is 14.8 Å². The maximum absolute atomic E-state index is 12.1. The second-order valence-corrected chi connectivity index (χ2v) is 6.04. The number of nitrogens with one attached hydrogen (secondary N) is 1. The van der Waals surface area contributed by atoms with E-state index >= 15 is 0 Å². The summed E-state index contributed by atoms with van der Waals surface area (Å²) in [5.41, 5.74) is 3.86. The van der Waals surface area contributed by atoms with E-state index in [9.17, 15) is 4.79 Å². The Morgan fingerprint density at radius 2 is 2.19 bits per heavy atom. The zero-order valence-electron chi connectivity index (χ0n) is 11.3. The number of carbonyl (C=O) groups excluding carboxylic acids is 1. The molecule has 1 N–H and O–H groups in total. The van der Waals surface area contributed by atoms with Crippen LogP contribution in [0.1, 0.15) is 20.9 Å². The van der Waals surface area contributed by atoms with Crippen LogP contribution in [0.3, 0.4) is 0 Å². The molecule has 21 heavy (non-hydrogen) atoms. The van der Waals surface area contributed by atoms with Gasteiger partial charge in [-0.1, -0.05) is 24.3 Å². The van der Waals surface area contributed by atoms with Crippen LogP contribution in [-0.4, -0.2) is 20.7 Å². The number of aromatic nitrogens is 3. The molecular formula is C15H12N4OS. The van der Waals surface area contributed by atoms with Crippen molar-refractivity contribution < 1.29 is 4.79 Å². The van der Waals surface area contributed by atoms with Crippen molar-refractivity contribution in [2.75, 3.05) is 5.32 Å². The highest BCUT2D eigenvalue weighted by Crippen LogP contribution is 2.40. The number of carbonyl (C=O) groups is 1. The molecular weight excluding hydrogens is 284 g/mol. The summed E-state index contributed by atoms with van der Waals surface area (Å²) >= 11 is 1.53. The van der Waals surface area contributed by atoms with Crippen LogP contribution in [0.4, 0.5) is 5.13 Å². The number of benzene rings is 1. The minimum Gasteiger partial charge on any atom is -0.296 e. The fraction of sp³-hybridized carbons (Fsp3) is 0.133. The van der Waals surface area contributed by atoms with E-state index in [-0.39, 0.29) is 5.91 Å². The van der Waals surface area contributed by atoms with Crippen molar-refractivity contribution in [3.05, 3.63) is 52.7 Å². The molecule has 0 spiro atoms. The quantitative estimate of drug-likeness (QED) is 0.618.